The lowest BCUT2D eigenvalue weighted by atomic mass is 10.2. The summed E-state index contributed by atoms with van der Waals surface area (Å²) in [6.07, 6.45) is 1.54. The van der Waals surface area contributed by atoms with Crippen LogP contribution in [0, 0.1) is 0 Å². The van der Waals surface area contributed by atoms with Crippen LogP contribution in [-0.4, -0.2) is 26.8 Å². The van der Waals surface area contributed by atoms with E-state index >= 15 is 0 Å². The molecule has 5 nitrogen and oxygen atoms in total. The number of halogens is 2. The molecule has 2 N–H and O–H groups in total. The molecule has 2 aromatic rings. The zero-order chi connectivity index (χ0) is 12.3. The lowest BCUT2D eigenvalue weighted by Gasteiger charge is -2.05. The van der Waals surface area contributed by atoms with E-state index in [0.717, 1.165) is 17.9 Å². The highest BCUT2D eigenvalue weighted by atomic mass is 35.5. The molecule has 0 amide bonds. The van der Waals surface area contributed by atoms with Crippen LogP contribution in [-0.2, 0) is 6.42 Å². The molecule has 0 aliphatic heterocycles. The molecule has 1 heterocycles. The Kier molecular flexibility index (Phi) is 3.93. The fraction of sp³-hybridized carbons (Fsp3) is 0.300. The van der Waals surface area contributed by atoms with Crippen LogP contribution >= 0.6 is 23.2 Å². The molecule has 0 spiro atoms. The van der Waals surface area contributed by atoms with Crippen molar-refractivity contribution in [1.82, 2.24) is 20.2 Å². The van der Waals surface area contributed by atoms with Crippen molar-refractivity contribution in [1.29, 1.82) is 0 Å². The third kappa shape index (κ3) is 2.94. The molecule has 7 heteroatoms. The average Bonchev–Trinajstić information content (AvgIpc) is 2.73. The highest BCUT2D eigenvalue weighted by Gasteiger charge is 2.09. The Morgan fingerprint density at radius 1 is 1.18 bits per heavy atom. The van der Waals surface area contributed by atoms with Gasteiger partial charge in [-0.3, -0.25) is 0 Å². The van der Waals surface area contributed by atoms with E-state index in [1.807, 2.05) is 0 Å². The maximum atomic E-state index is 5.94. The third-order valence-corrected chi connectivity index (χ3v) is 2.67. The van der Waals surface area contributed by atoms with Gasteiger partial charge in [-0.15, -0.1) is 5.10 Å². The van der Waals surface area contributed by atoms with Crippen molar-refractivity contribution in [3.63, 3.8) is 0 Å². The summed E-state index contributed by atoms with van der Waals surface area (Å²) < 4.78 is 1.62. The smallest absolute Gasteiger partial charge is 0.156 e. The van der Waals surface area contributed by atoms with Gasteiger partial charge in [-0.25, -0.2) is 0 Å². The standard InChI is InChI=1S/C10H11Cl2N5/c11-7-4-8(12)6-9(5-7)17-10(2-1-3-13)14-15-16-17/h4-6H,1-3,13H2. The van der Waals surface area contributed by atoms with Crippen LogP contribution in [0.25, 0.3) is 5.69 Å². The number of rotatable bonds is 4. The van der Waals surface area contributed by atoms with Crippen molar-refractivity contribution in [2.24, 2.45) is 5.73 Å². The zero-order valence-electron chi connectivity index (χ0n) is 8.98. The Morgan fingerprint density at radius 2 is 1.88 bits per heavy atom. The maximum absolute atomic E-state index is 5.94. The van der Waals surface area contributed by atoms with Crippen LogP contribution in [0.1, 0.15) is 12.2 Å². The predicted octanol–water partition coefficient (Wildman–Crippen LogP) is 1.86. The Bertz CT molecular complexity index is 491. The summed E-state index contributed by atoms with van der Waals surface area (Å²) in [5.74, 6) is 0.744. The summed E-state index contributed by atoms with van der Waals surface area (Å²) in [5, 5.41) is 12.6. The second-order valence-corrected chi connectivity index (χ2v) is 4.40. The number of hydrogen-bond donors (Lipinski definition) is 1. The van der Waals surface area contributed by atoms with Crippen LogP contribution in [0.15, 0.2) is 18.2 Å². The minimum atomic E-state index is 0.549. The van der Waals surface area contributed by atoms with Crippen molar-refractivity contribution in [2.75, 3.05) is 6.54 Å². The van der Waals surface area contributed by atoms with E-state index in [9.17, 15) is 0 Å². The van der Waals surface area contributed by atoms with E-state index in [1.165, 1.54) is 0 Å². The van der Waals surface area contributed by atoms with Gasteiger partial charge in [0.2, 0.25) is 0 Å². The number of benzene rings is 1. The number of aryl methyl sites for hydroxylation is 1. The quantitative estimate of drug-likeness (QED) is 0.922. The van der Waals surface area contributed by atoms with Gasteiger partial charge in [0.25, 0.3) is 0 Å². The lowest BCUT2D eigenvalue weighted by molar-refractivity contribution is 0.726. The first-order valence-electron chi connectivity index (χ1n) is 5.14. The van der Waals surface area contributed by atoms with Crippen molar-refractivity contribution in [2.45, 2.75) is 12.8 Å². The molecule has 0 unspecified atom stereocenters. The van der Waals surface area contributed by atoms with Crippen molar-refractivity contribution < 1.29 is 0 Å². The molecule has 0 saturated carbocycles. The summed E-state index contributed by atoms with van der Waals surface area (Å²) >= 11 is 11.9. The molecule has 17 heavy (non-hydrogen) atoms. The van der Waals surface area contributed by atoms with Gasteiger partial charge in [0.1, 0.15) is 0 Å². The summed E-state index contributed by atoms with van der Waals surface area (Å²) in [7, 11) is 0. The number of tetrazole rings is 1. The largest absolute Gasteiger partial charge is 0.330 e. The Labute approximate surface area is 109 Å². The molecule has 0 atom stereocenters. The van der Waals surface area contributed by atoms with E-state index in [2.05, 4.69) is 15.5 Å². The minimum Gasteiger partial charge on any atom is -0.330 e. The Morgan fingerprint density at radius 3 is 2.53 bits per heavy atom. The summed E-state index contributed by atoms with van der Waals surface area (Å²) in [5.41, 5.74) is 6.21. The van der Waals surface area contributed by atoms with Gasteiger partial charge in [0.15, 0.2) is 5.82 Å². The third-order valence-electron chi connectivity index (χ3n) is 2.23. The van der Waals surface area contributed by atoms with E-state index in [0.29, 0.717) is 23.0 Å². The molecule has 2 rings (SSSR count). The number of hydrogen-bond acceptors (Lipinski definition) is 4. The lowest BCUT2D eigenvalue weighted by Crippen LogP contribution is -2.07. The summed E-state index contributed by atoms with van der Waals surface area (Å²) in [6.45, 7) is 0.600. The van der Waals surface area contributed by atoms with Gasteiger partial charge in [0.05, 0.1) is 5.69 Å². The van der Waals surface area contributed by atoms with Gasteiger partial charge >= 0.3 is 0 Å². The van der Waals surface area contributed by atoms with E-state index in [-0.39, 0.29) is 0 Å². The predicted molar refractivity (Wildman–Crippen MR) is 66.5 cm³/mol. The van der Waals surface area contributed by atoms with Crippen LogP contribution < -0.4 is 5.73 Å². The highest BCUT2D eigenvalue weighted by molar-refractivity contribution is 6.34. The fourth-order valence-electron chi connectivity index (χ4n) is 1.48. The number of nitrogens with two attached hydrogens (primary N) is 1. The molecular formula is C10H11Cl2N5. The van der Waals surface area contributed by atoms with Gasteiger partial charge in [-0.2, -0.15) is 4.68 Å². The summed E-state index contributed by atoms with van der Waals surface area (Å²) in [4.78, 5) is 0. The van der Waals surface area contributed by atoms with Crippen LogP contribution in [0.4, 0.5) is 0 Å². The Balaban J connectivity index is 2.35. The zero-order valence-corrected chi connectivity index (χ0v) is 10.5. The van der Waals surface area contributed by atoms with Crippen molar-refractivity contribution >= 4 is 23.2 Å². The Hall–Kier alpha value is -1.17. The second kappa shape index (κ2) is 5.44. The molecule has 1 aromatic heterocycles. The van der Waals surface area contributed by atoms with Gasteiger partial charge < -0.3 is 5.73 Å². The first-order valence-corrected chi connectivity index (χ1v) is 5.90. The van der Waals surface area contributed by atoms with E-state index in [1.54, 1.807) is 22.9 Å². The van der Waals surface area contributed by atoms with Gasteiger partial charge in [-0.05, 0) is 41.6 Å². The van der Waals surface area contributed by atoms with Gasteiger partial charge in [0, 0.05) is 16.5 Å². The minimum absolute atomic E-state index is 0.549. The number of aromatic nitrogens is 4. The fourth-order valence-corrected chi connectivity index (χ4v) is 2.00. The van der Waals surface area contributed by atoms with E-state index < -0.39 is 0 Å². The first-order chi connectivity index (χ1) is 8.20. The molecule has 90 valence electrons. The van der Waals surface area contributed by atoms with Crippen LogP contribution in [0.3, 0.4) is 0 Å². The molecule has 0 radical (unpaired) electrons. The topological polar surface area (TPSA) is 69.6 Å². The first kappa shape index (κ1) is 12.3. The van der Waals surface area contributed by atoms with Crippen LogP contribution in [0.2, 0.25) is 10.0 Å². The average molecular weight is 272 g/mol. The molecular weight excluding hydrogens is 261 g/mol. The molecule has 0 aliphatic carbocycles. The molecule has 0 fully saturated rings. The highest BCUT2D eigenvalue weighted by Crippen LogP contribution is 2.21. The van der Waals surface area contributed by atoms with E-state index in [4.69, 9.17) is 28.9 Å². The molecule has 0 saturated heterocycles. The molecule has 1 aromatic carbocycles. The van der Waals surface area contributed by atoms with Crippen molar-refractivity contribution in [3.05, 3.63) is 34.1 Å². The monoisotopic (exact) mass is 271 g/mol. The second-order valence-electron chi connectivity index (χ2n) is 3.53. The maximum Gasteiger partial charge on any atom is 0.156 e. The number of nitrogens with zero attached hydrogens (tertiary/aromatic N) is 4. The molecule has 0 aliphatic rings. The van der Waals surface area contributed by atoms with Crippen LogP contribution in [0.5, 0.6) is 0 Å². The van der Waals surface area contributed by atoms with Gasteiger partial charge in [-0.1, -0.05) is 23.2 Å². The normalized spacial score (nSPS) is 10.8. The summed E-state index contributed by atoms with van der Waals surface area (Å²) in [6, 6.07) is 5.18. The SMILES string of the molecule is NCCCc1nnnn1-c1cc(Cl)cc(Cl)c1. The van der Waals surface area contributed by atoms with Crippen molar-refractivity contribution in [3.8, 4) is 5.69 Å². The molecule has 0 bridgehead atoms.